The fourth-order valence-electron chi connectivity index (χ4n) is 2.54. The zero-order chi connectivity index (χ0) is 15.5. The number of carbonyl (C=O) groups is 1. The lowest BCUT2D eigenvalue weighted by molar-refractivity contribution is -0.131. The number of amides is 1. The van der Waals surface area contributed by atoms with E-state index in [-0.39, 0.29) is 16.8 Å². The molecule has 1 amide bonds. The number of piperidine rings is 1. The van der Waals surface area contributed by atoms with Gasteiger partial charge in [0, 0.05) is 24.2 Å². The van der Waals surface area contributed by atoms with Gasteiger partial charge in [0.15, 0.2) is 9.84 Å². The van der Waals surface area contributed by atoms with E-state index >= 15 is 0 Å². The number of hydrogen-bond donors (Lipinski definition) is 1. The smallest absolute Gasteiger partial charge is 0.238 e. The van der Waals surface area contributed by atoms with E-state index in [1.54, 1.807) is 4.90 Å². The summed E-state index contributed by atoms with van der Waals surface area (Å²) in [4.78, 5) is 14.0. The summed E-state index contributed by atoms with van der Waals surface area (Å²) in [5.74, 6) is -0.898. The highest BCUT2D eigenvalue weighted by atomic mass is 35.5. The van der Waals surface area contributed by atoms with E-state index in [1.807, 2.05) is 0 Å². The third-order valence-electron chi connectivity index (χ3n) is 3.71. The van der Waals surface area contributed by atoms with Crippen molar-refractivity contribution in [1.82, 2.24) is 4.90 Å². The summed E-state index contributed by atoms with van der Waals surface area (Å²) >= 11 is 5.74. The molecule has 0 unspecified atom stereocenters. The highest BCUT2D eigenvalue weighted by Gasteiger charge is 2.29. The van der Waals surface area contributed by atoms with Crippen LogP contribution in [0.15, 0.2) is 29.2 Å². The van der Waals surface area contributed by atoms with Gasteiger partial charge in [0.1, 0.15) is 5.75 Å². The first kappa shape index (κ1) is 16.3. The molecule has 1 fully saturated rings. The molecular weight excluding hydrogens is 312 g/mol. The van der Waals surface area contributed by atoms with Crippen LogP contribution in [-0.4, -0.2) is 44.1 Å². The predicted molar refractivity (Wildman–Crippen MR) is 81.9 cm³/mol. The fourth-order valence-corrected chi connectivity index (χ4v) is 3.88. The molecule has 1 saturated heterocycles. The molecule has 2 rings (SSSR count). The summed E-state index contributed by atoms with van der Waals surface area (Å²) in [7, 11) is -3.65. The van der Waals surface area contributed by atoms with Crippen molar-refractivity contribution in [3.63, 3.8) is 0 Å². The van der Waals surface area contributed by atoms with Crippen LogP contribution in [0.25, 0.3) is 0 Å². The quantitative estimate of drug-likeness (QED) is 0.906. The van der Waals surface area contributed by atoms with Crippen molar-refractivity contribution in [2.45, 2.75) is 30.2 Å². The molecule has 116 valence electrons. The maximum atomic E-state index is 12.3. The van der Waals surface area contributed by atoms with Gasteiger partial charge < -0.3 is 10.6 Å². The van der Waals surface area contributed by atoms with Gasteiger partial charge in [0.25, 0.3) is 0 Å². The van der Waals surface area contributed by atoms with E-state index in [9.17, 15) is 13.2 Å². The SMILES string of the molecule is NC[C@H]1CCCCN1C(=O)CS(=O)(=O)c1ccc(Cl)cc1. The van der Waals surface area contributed by atoms with Gasteiger partial charge in [-0.05, 0) is 43.5 Å². The van der Waals surface area contributed by atoms with E-state index < -0.39 is 15.6 Å². The van der Waals surface area contributed by atoms with Gasteiger partial charge in [-0.15, -0.1) is 0 Å². The van der Waals surface area contributed by atoms with E-state index in [2.05, 4.69) is 0 Å². The number of sulfone groups is 1. The molecule has 1 aromatic rings. The maximum Gasteiger partial charge on any atom is 0.238 e. The Morgan fingerprint density at radius 1 is 1.29 bits per heavy atom. The van der Waals surface area contributed by atoms with Crippen LogP contribution in [0.3, 0.4) is 0 Å². The molecule has 1 aliphatic heterocycles. The van der Waals surface area contributed by atoms with E-state index in [0.717, 1.165) is 19.3 Å². The van der Waals surface area contributed by atoms with Crippen molar-refractivity contribution in [2.24, 2.45) is 5.73 Å². The molecule has 1 aromatic carbocycles. The largest absolute Gasteiger partial charge is 0.338 e. The predicted octanol–water partition coefficient (Wildman–Crippen LogP) is 1.45. The minimum absolute atomic E-state index is 0.0494. The summed E-state index contributed by atoms with van der Waals surface area (Å²) in [6.07, 6.45) is 2.75. The number of likely N-dealkylation sites (tertiary alicyclic amines) is 1. The molecule has 0 aromatic heterocycles. The van der Waals surface area contributed by atoms with Crippen LogP contribution in [0.4, 0.5) is 0 Å². The molecule has 2 N–H and O–H groups in total. The lowest BCUT2D eigenvalue weighted by atomic mass is 10.0. The molecule has 0 bridgehead atoms. The first-order valence-electron chi connectivity index (χ1n) is 6.92. The van der Waals surface area contributed by atoms with Gasteiger partial charge in [-0.2, -0.15) is 0 Å². The topological polar surface area (TPSA) is 80.5 Å². The van der Waals surface area contributed by atoms with Crippen LogP contribution in [-0.2, 0) is 14.6 Å². The third-order valence-corrected chi connectivity index (χ3v) is 5.58. The first-order valence-corrected chi connectivity index (χ1v) is 8.95. The van der Waals surface area contributed by atoms with Gasteiger partial charge >= 0.3 is 0 Å². The Bertz CT molecular complexity index is 601. The summed E-state index contributed by atoms with van der Waals surface area (Å²) < 4.78 is 24.5. The number of benzene rings is 1. The van der Waals surface area contributed by atoms with Crippen LogP contribution >= 0.6 is 11.6 Å². The molecule has 0 radical (unpaired) electrons. The zero-order valence-electron chi connectivity index (χ0n) is 11.7. The number of halogens is 1. The van der Waals surface area contributed by atoms with Crippen LogP contribution in [0.5, 0.6) is 0 Å². The second kappa shape index (κ2) is 6.77. The summed E-state index contributed by atoms with van der Waals surface area (Å²) in [5, 5.41) is 0.458. The van der Waals surface area contributed by atoms with Gasteiger partial charge in [-0.1, -0.05) is 11.6 Å². The van der Waals surface area contributed by atoms with E-state index in [0.29, 0.717) is 18.1 Å². The Kier molecular flexibility index (Phi) is 5.24. The number of carbonyl (C=O) groups excluding carboxylic acids is 1. The minimum atomic E-state index is -3.65. The second-order valence-corrected chi connectivity index (χ2v) is 7.61. The van der Waals surface area contributed by atoms with Crippen molar-refractivity contribution in [2.75, 3.05) is 18.8 Å². The van der Waals surface area contributed by atoms with Crippen molar-refractivity contribution in [3.8, 4) is 0 Å². The standard InChI is InChI=1S/C14H19ClN2O3S/c15-11-4-6-13(7-5-11)21(19,20)10-14(18)17-8-2-1-3-12(17)9-16/h4-7,12H,1-3,8-10,16H2/t12-/m1/s1. The van der Waals surface area contributed by atoms with E-state index in [1.165, 1.54) is 24.3 Å². The normalized spacial score (nSPS) is 19.5. The highest BCUT2D eigenvalue weighted by molar-refractivity contribution is 7.92. The Morgan fingerprint density at radius 3 is 2.57 bits per heavy atom. The molecule has 5 nitrogen and oxygen atoms in total. The minimum Gasteiger partial charge on any atom is -0.338 e. The Morgan fingerprint density at radius 2 is 1.95 bits per heavy atom. The zero-order valence-corrected chi connectivity index (χ0v) is 13.2. The molecule has 1 aliphatic rings. The fraction of sp³-hybridized carbons (Fsp3) is 0.500. The summed E-state index contributed by atoms with van der Waals surface area (Å²) in [5.41, 5.74) is 5.66. The average molecular weight is 331 g/mol. The molecule has 0 saturated carbocycles. The molecule has 21 heavy (non-hydrogen) atoms. The average Bonchev–Trinajstić information content (AvgIpc) is 2.47. The van der Waals surface area contributed by atoms with Crippen molar-refractivity contribution in [3.05, 3.63) is 29.3 Å². The molecule has 0 aliphatic carbocycles. The van der Waals surface area contributed by atoms with Crippen LogP contribution < -0.4 is 5.73 Å². The van der Waals surface area contributed by atoms with Crippen molar-refractivity contribution in [1.29, 1.82) is 0 Å². The second-order valence-electron chi connectivity index (χ2n) is 5.19. The molecule has 0 spiro atoms. The monoisotopic (exact) mass is 330 g/mol. The number of hydrogen-bond acceptors (Lipinski definition) is 4. The molecular formula is C14H19ClN2O3S. The lowest BCUT2D eigenvalue weighted by Crippen LogP contribution is -2.49. The van der Waals surface area contributed by atoms with Gasteiger partial charge in [-0.3, -0.25) is 4.79 Å². The third kappa shape index (κ3) is 3.96. The number of nitrogens with zero attached hydrogens (tertiary/aromatic N) is 1. The van der Waals surface area contributed by atoms with Crippen molar-refractivity contribution >= 4 is 27.3 Å². The van der Waals surface area contributed by atoms with Gasteiger partial charge in [0.05, 0.1) is 4.90 Å². The van der Waals surface area contributed by atoms with Gasteiger partial charge in [-0.25, -0.2) is 8.42 Å². The van der Waals surface area contributed by atoms with Crippen LogP contribution in [0, 0.1) is 0 Å². The maximum absolute atomic E-state index is 12.3. The van der Waals surface area contributed by atoms with E-state index in [4.69, 9.17) is 17.3 Å². The summed E-state index contributed by atoms with van der Waals surface area (Å²) in [6, 6.07) is 5.79. The van der Waals surface area contributed by atoms with Gasteiger partial charge in [0.2, 0.25) is 5.91 Å². The Labute approximate surface area is 130 Å². The Balaban J connectivity index is 2.12. The summed E-state index contributed by atoms with van der Waals surface area (Å²) in [6.45, 7) is 0.948. The van der Waals surface area contributed by atoms with Crippen LogP contribution in [0.2, 0.25) is 5.02 Å². The number of rotatable bonds is 4. The molecule has 7 heteroatoms. The first-order chi connectivity index (χ1) is 9.94. The molecule has 1 atom stereocenters. The highest BCUT2D eigenvalue weighted by Crippen LogP contribution is 2.19. The lowest BCUT2D eigenvalue weighted by Gasteiger charge is -2.35. The molecule has 1 heterocycles. The van der Waals surface area contributed by atoms with Crippen molar-refractivity contribution < 1.29 is 13.2 Å². The van der Waals surface area contributed by atoms with Crippen LogP contribution in [0.1, 0.15) is 19.3 Å². The Hall–Kier alpha value is -1.11. The number of nitrogens with two attached hydrogens (primary N) is 1.